The average molecular weight is 346 g/mol. The standard InChI is InChI=1S/C18H22N2O3S/c1-13-5-3-6-14(11-13)17(21)20-16(8-10-24-2)18(22)19-12-15-7-4-9-23-15/h3-7,9,11,16H,8,10,12H2,1-2H3,(H,19,22)(H,20,21). The van der Waals surface area contributed by atoms with Gasteiger partial charge < -0.3 is 15.1 Å². The van der Waals surface area contributed by atoms with Crippen LogP contribution in [0.2, 0.25) is 0 Å². The Morgan fingerprint density at radius 2 is 2.08 bits per heavy atom. The van der Waals surface area contributed by atoms with Gasteiger partial charge in [0.15, 0.2) is 0 Å². The first-order chi connectivity index (χ1) is 11.6. The van der Waals surface area contributed by atoms with Gasteiger partial charge >= 0.3 is 0 Å². The number of aryl methyl sites for hydroxylation is 1. The quantitative estimate of drug-likeness (QED) is 0.771. The number of nitrogens with one attached hydrogen (secondary N) is 2. The van der Waals surface area contributed by atoms with Crippen LogP contribution in [0.3, 0.4) is 0 Å². The number of carbonyl (C=O) groups is 2. The summed E-state index contributed by atoms with van der Waals surface area (Å²) < 4.78 is 5.20. The van der Waals surface area contributed by atoms with Crippen molar-refractivity contribution >= 4 is 23.6 Å². The minimum Gasteiger partial charge on any atom is -0.467 e. The summed E-state index contributed by atoms with van der Waals surface area (Å²) in [5.74, 6) is 1.02. The lowest BCUT2D eigenvalue weighted by Crippen LogP contribution is -2.46. The topological polar surface area (TPSA) is 71.3 Å². The molecule has 0 aliphatic rings. The summed E-state index contributed by atoms with van der Waals surface area (Å²) in [6.45, 7) is 2.24. The van der Waals surface area contributed by atoms with Crippen LogP contribution in [-0.4, -0.2) is 29.9 Å². The summed E-state index contributed by atoms with van der Waals surface area (Å²) in [6, 6.07) is 10.3. The molecule has 1 atom stereocenters. The molecule has 0 saturated heterocycles. The highest BCUT2D eigenvalue weighted by Crippen LogP contribution is 2.07. The number of carbonyl (C=O) groups excluding carboxylic acids is 2. The van der Waals surface area contributed by atoms with Gasteiger partial charge in [-0.15, -0.1) is 0 Å². The number of rotatable bonds is 8. The molecule has 0 spiro atoms. The molecule has 2 aromatic rings. The largest absolute Gasteiger partial charge is 0.467 e. The lowest BCUT2D eigenvalue weighted by molar-refractivity contribution is -0.123. The van der Waals surface area contributed by atoms with Crippen LogP contribution in [0.15, 0.2) is 47.1 Å². The molecule has 0 bridgehead atoms. The Bertz CT molecular complexity index is 671. The van der Waals surface area contributed by atoms with E-state index >= 15 is 0 Å². The molecule has 2 rings (SSSR count). The Morgan fingerprint density at radius 1 is 1.25 bits per heavy atom. The van der Waals surface area contributed by atoms with Crippen molar-refractivity contribution in [1.82, 2.24) is 10.6 Å². The van der Waals surface area contributed by atoms with Gasteiger partial charge in [-0.2, -0.15) is 11.8 Å². The molecular weight excluding hydrogens is 324 g/mol. The Kier molecular flexibility index (Phi) is 6.93. The van der Waals surface area contributed by atoms with E-state index < -0.39 is 6.04 Å². The highest BCUT2D eigenvalue weighted by Gasteiger charge is 2.21. The van der Waals surface area contributed by atoms with Crippen molar-refractivity contribution in [2.24, 2.45) is 0 Å². The zero-order chi connectivity index (χ0) is 17.4. The summed E-state index contributed by atoms with van der Waals surface area (Å²) >= 11 is 1.64. The first-order valence-electron chi connectivity index (χ1n) is 7.76. The van der Waals surface area contributed by atoms with Crippen LogP contribution in [0.5, 0.6) is 0 Å². The lowest BCUT2D eigenvalue weighted by atomic mass is 10.1. The van der Waals surface area contributed by atoms with E-state index in [9.17, 15) is 9.59 Å². The summed E-state index contributed by atoms with van der Waals surface area (Å²) in [5.41, 5.74) is 1.56. The second-order valence-electron chi connectivity index (χ2n) is 5.47. The number of hydrogen-bond acceptors (Lipinski definition) is 4. The number of hydrogen-bond donors (Lipinski definition) is 2. The summed E-state index contributed by atoms with van der Waals surface area (Å²) in [5, 5.41) is 5.64. The van der Waals surface area contributed by atoms with E-state index in [2.05, 4.69) is 10.6 Å². The van der Waals surface area contributed by atoms with Gasteiger partial charge in [-0.25, -0.2) is 0 Å². The van der Waals surface area contributed by atoms with Gasteiger partial charge in [-0.3, -0.25) is 9.59 Å². The Balaban J connectivity index is 1.98. The zero-order valence-corrected chi connectivity index (χ0v) is 14.7. The summed E-state index contributed by atoms with van der Waals surface area (Å²) in [4.78, 5) is 24.8. The maximum absolute atomic E-state index is 12.4. The maximum atomic E-state index is 12.4. The first kappa shape index (κ1) is 18.1. The first-order valence-corrected chi connectivity index (χ1v) is 9.16. The van der Waals surface area contributed by atoms with E-state index in [0.717, 1.165) is 11.3 Å². The molecule has 0 saturated carbocycles. The predicted octanol–water partition coefficient (Wildman–Crippen LogP) is 2.76. The minimum absolute atomic E-state index is 0.207. The Labute approximate surface area is 146 Å². The van der Waals surface area contributed by atoms with Crippen molar-refractivity contribution in [2.75, 3.05) is 12.0 Å². The summed E-state index contributed by atoms with van der Waals surface area (Å²) in [7, 11) is 0. The maximum Gasteiger partial charge on any atom is 0.251 e. The molecule has 0 radical (unpaired) electrons. The molecule has 0 aliphatic heterocycles. The van der Waals surface area contributed by atoms with Crippen LogP contribution in [0.4, 0.5) is 0 Å². The molecule has 1 aromatic heterocycles. The highest BCUT2D eigenvalue weighted by atomic mass is 32.2. The fourth-order valence-electron chi connectivity index (χ4n) is 2.24. The monoisotopic (exact) mass is 346 g/mol. The van der Waals surface area contributed by atoms with E-state index in [1.165, 1.54) is 0 Å². The van der Waals surface area contributed by atoms with Crippen LogP contribution in [0, 0.1) is 6.92 Å². The van der Waals surface area contributed by atoms with Gasteiger partial charge in [0.2, 0.25) is 5.91 Å². The van der Waals surface area contributed by atoms with Crippen LogP contribution in [-0.2, 0) is 11.3 Å². The van der Waals surface area contributed by atoms with Crippen molar-refractivity contribution in [3.63, 3.8) is 0 Å². The number of benzene rings is 1. The predicted molar refractivity (Wildman–Crippen MR) is 96.0 cm³/mol. The van der Waals surface area contributed by atoms with E-state index in [0.29, 0.717) is 24.3 Å². The molecule has 128 valence electrons. The second kappa shape index (κ2) is 9.17. The van der Waals surface area contributed by atoms with Gasteiger partial charge in [-0.05, 0) is 49.6 Å². The SMILES string of the molecule is CSCCC(NC(=O)c1cccc(C)c1)C(=O)NCc1ccco1. The average Bonchev–Trinajstić information content (AvgIpc) is 3.09. The minimum atomic E-state index is -0.569. The van der Waals surface area contributed by atoms with Gasteiger partial charge in [-0.1, -0.05) is 17.7 Å². The van der Waals surface area contributed by atoms with E-state index in [4.69, 9.17) is 4.42 Å². The molecular formula is C18H22N2O3S. The van der Waals surface area contributed by atoms with Crippen LogP contribution >= 0.6 is 11.8 Å². The van der Waals surface area contributed by atoms with E-state index in [1.807, 2.05) is 31.4 Å². The second-order valence-corrected chi connectivity index (χ2v) is 6.46. The smallest absolute Gasteiger partial charge is 0.251 e. The van der Waals surface area contributed by atoms with Crippen molar-refractivity contribution in [3.8, 4) is 0 Å². The molecule has 1 unspecified atom stereocenters. The van der Waals surface area contributed by atoms with Crippen molar-refractivity contribution < 1.29 is 14.0 Å². The molecule has 24 heavy (non-hydrogen) atoms. The van der Waals surface area contributed by atoms with Crippen molar-refractivity contribution in [2.45, 2.75) is 25.9 Å². The molecule has 1 heterocycles. The third-order valence-electron chi connectivity index (χ3n) is 3.53. The van der Waals surface area contributed by atoms with E-state index in [1.54, 1.807) is 36.2 Å². The van der Waals surface area contributed by atoms with Gasteiger partial charge in [0.05, 0.1) is 12.8 Å². The van der Waals surface area contributed by atoms with Gasteiger partial charge in [0, 0.05) is 5.56 Å². The van der Waals surface area contributed by atoms with Gasteiger partial charge in [0.1, 0.15) is 11.8 Å². The Hall–Kier alpha value is -2.21. The van der Waals surface area contributed by atoms with E-state index in [-0.39, 0.29) is 11.8 Å². The van der Waals surface area contributed by atoms with Crippen LogP contribution in [0.1, 0.15) is 28.1 Å². The fraction of sp³-hybridized carbons (Fsp3) is 0.333. The molecule has 1 aromatic carbocycles. The molecule has 0 aliphatic carbocycles. The Morgan fingerprint density at radius 3 is 2.75 bits per heavy atom. The zero-order valence-electron chi connectivity index (χ0n) is 13.9. The number of furan rings is 1. The number of thioether (sulfide) groups is 1. The molecule has 5 nitrogen and oxygen atoms in total. The number of amides is 2. The molecule has 6 heteroatoms. The fourth-order valence-corrected chi connectivity index (χ4v) is 2.71. The third-order valence-corrected chi connectivity index (χ3v) is 4.17. The van der Waals surface area contributed by atoms with Gasteiger partial charge in [0.25, 0.3) is 5.91 Å². The third kappa shape index (κ3) is 5.45. The van der Waals surface area contributed by atoms with Crippen molar-refractivity contribution in [1.29, 1.82) is 0 Å². The molecule has 2 N–H and O–H groups in total. The normalized spacial score (nSPS) is 11.8. The van der Waals surface area contributed by atoms with Crippen LogP contribution < -0.4 is 10.6 Å². The highest BCUT2D eigenvalue weighted by molar-refractivity contribution is 7.98. The van der Waals surface area contributed by atoms with Crippen molar-refractivity contribution in [3.05, 3.63) is 59.5 Å². The lowest BCUT2D eigenvalue weighted by Gasteiger charge is -2.18. The molecule has 0 fully saturated rings. The summed E-state index contributed by atoms with van der Waals surface area (Å²) in [6.07, 6.45) is 4.11. The van der Waals surface area contributed by atoms with Crippen LogP contribution in [0.25, 0.3) is 0 Å². The molecule has 2 amide bonds.